The molecule has 0 aliphatic carbocycles. The minimum absolute atomic E-state index is 0.0141. The van der Waals surface area contributed by atoms with Gasteiger partial charge in [-0.15, -0.1) is 10.2 Å². The molecule has 0 saturated carbocycles. The summed E-state index contributed by atoms with van der Waals surface area (Å²) in [4.78, 5) is -0.751. The number of nitrogens with zero attached hydrogens (tertiary/aromatic N) is 2. The zero-order valence-electron chi connectivity index (χ0n) is 9.52. The van der Waals surface area contributed by atoms with E-state index in [2.05, 4.69) is 10.2 Å². The zero-order chi connectivity index (χ0) is 14.2. The molecule has 6 nitrogen and oxygen atoms in total. The van der Waals surface area contributed by atoms with Gasteiger partial charge in [0.05, 0.1) is 0 Å². The van der Waals surface area contributed by atoms with E-state index in [4.69, 9.17) is 5.73 Å². The zero-order valence-corrected chi connectivity index (χ0v) is 11.1. The van der Waals surface area contributed by atoms with Crippen LogP contribution in [0.5, 0.6) is 0 Å². The number of rotatable bonds is 3. The molecule has 10 heteroatoms. The van der Waals surface area contributed by atoms with Crippen LogP contribution in [0.15, 0.2) is 17.0 Å². The molecule has 0 bridgehead atoms. The maximum Gasteiger partial charge on any atom is 0.266 e. The predicted molar refractivity (Wildman–Crippen MR) is 66.2 cm³/mol. The van der Waals surface area contributed by atoms with E-state index in [0.29, 0.717) is 5.01 Å². The summed E-state index contributed by atoms with van der Waals surface area (Å²) in [5.41, 5.74) is 4.26. The third-order valence-electron chi connectivity index (χ3n) is 2.13. The lowest BCUT2D eigenvalue weighted by molar-refractivity contribution is 0.557. The number of aryl methyl sites for hydroxylation is 1. The van der Waals surface area contributed by atoms with E-state index >= 15 is 0 Å². The van der Waals surface area contributed by atoms with E-state index in [0.717, 1.165) is 23.5 Å². The monoisotopic (exact) mass is 306 g/mol. The van der Waals surface area contributed by atoms with Crippen LogP contribution < -0.4 is 10.5 Å². The molecular formula is C9H8F2N4O2S2. The van der Waals surface area contributed by atoms with Gasteiger partial charge in [-0.3, -0.25) is 4.72 Å². The number of anilines is 2. The third kappa shape index (κ3) is 2.63. The molecule has 0 spiro atoms. The van der Waals surface area contributed by atoms with Gasteiger partial charge in [0.1, 0.15) is 21.4 Å². The first-order valence-corrected chi connectivity index (χ1v) is 7.17. The van der Waals surface area contributed by atoms with Crippen LogP contribution in [0.2, 0.25) is 0 Å². The SMILES string of the molecule is Cc1nnc(NS(=O)(=O)c2ccc(F)c(N)c2F)s1. The molecule has 2 rings (SSSR count). The number of nitrogens with two attached hydrogens (primary N) is 1. The van der Waals surface area contributed by atoms with Gasteiger partial charge >= 0.3 is 0 Å². The smallest absolute Gasteiger partial charge is 0.266 e. The highest BCUT2D eigenvalue weighted by Gasteiger charge is 2.23. The third-order valence-corrected chi connectivity index (χ3v) is 4.37. The van der Waals surface area contributed by atoms with Gasteiger partial charge < -0.3 is 5.73 Å². The molecule has 1 aromatic carbocycles. The topological polar surface area (TPSA) is 98.0 Å². The molecule has 19 heavy (non-hydrogen) atoms. The largest absolute Gasteiger partial charge is 0.394 e. The van der Waals surface area contributed by atoms with E-state index in [1.165, 1.54) is 0 Å². The second kappa shape index (κ2) is 4.70. The summed E-state index contributed by atoms with van der Waals surface area (Å²) >= 11 is 0.982. The van der Waals surface area contributed by atoms with Crippen LogP contribution in [0.1, 0.15) is 5.01 Å². The first-order valence-electron chi connectivity index (χ1n) is 4.87. The molecule has 0 atom stereocenters. The Morgan fingerprint density at radius 2 is 2.00 bits per heavy atom. The summed E-state index contributed by atoms with van der Waals surface area (Å²) in [6, 6.07) is 1.57. The van der Waals surface area contributed by atoms with Crippen molar-refractivity contribution in [3.8, 4) is 0 Å². The van der Waals surface area contributed by atoms with Gasteiger partial charge in [-0.25, -0.2) is 17.2 Å². The fraction of sp³-hybridized carbons (Fsp3) is 0.111. The molecule has 1 heterocycles. The van der Waals surface area contributed by atoms with Gasteiger partial charge in [0.25, 0.3) is 10.0 Å². The van der Waals surface area contributed by atoms with Gasteiger partial charge in [0.15, 0.2) is 5.82 Å². The summed E-state index contributed by atoms with van der Waals surface area (Å²) < 4.78 is 52.5. The maximum atomic E-state index is 13.6. The van der Waals surface area contributed by atoms with E-state index in [1.54, 1.807) is 6.92 Å². The van der Waals surface area contributed by atoms with Crippen molar-refractivity contribution in [2.24, 2.45) is 0 Å². The first-order chi connectivity index (χ1) is 8.81. The first kappa shape index (κ1) is 13.6. The van der Waals surface area contributed by atoms with E-state index in [-0.39, 0.29) is 5.13 Å². The Morgan fingerprint density at radius 3 is 2.58 bits per heavy atom. The lowest BCUT2D eigenvalue weighted by Crippen LogP contribution is -2.15. The average Bonchev–Trinajstić information content (AvgIpc) is 2.70. The van der Waals surface area contributed by atoms with Crippen LogP contribution in [0.4, 0.5) is 19.6 Å². The van der Waals surface area contributed by atoms with Gasteiger partial charge in [0.2, 0.25) is 5.13 Å². The van der Waals surface area contributed by atoms with Crippen LogP contribution in [0, 0.1) is 18.6 Å². The Balaban J connectivity index is 2.43. The number of hydrogen-bond donors (Lipinski definition) is 2. The fourth-order valence-electron chi connectivity index (χ4n) is 1.26. The Morgan fingerprint density at radius 1 is 1.32 bits per heavy atom. The van der Waals surface area contributed by atoms with Gasteiger partial charge in [-0.2, -0.15) is 0 Å². The van der Waals surface area contributed by atoms with Crippen LogP contribution in [-0.2, 0) is 10.0 Å². The highest BCUT2D eigenvalue weighted by atomic mass is 32.2. The number of halogens is 2. The van der Waals surface area contributed by atoms with Crippen LogP contribution >= 0.6 is 11.3 Å². The van der Waals surface area contributed by atoms with Crippen LogP contribution in [0.3, 0.4) is 0 Å². The van der Waals surface area contributed by atoms with Crippen molar-refractivity contribution in [2.75, 3.05) is 10.5 Å². The standard InChI is InChI=1S/C9H8F2N4O2S2/c1-4-13-14-9(18-4)15-19(16,17)6-3-2-5(10)8(12)7(6)11/h2-3H,12H2,1H3,(H,14,15). The average molecular weight is 306 g/mol. The maximum absolute atomic E-state index is 13.6. The molecule has 3 N–H and O–H groups in total. The number of benzene rings is 1. The Hall–Kier alpha value is -1.81. The molecule has 2 aromatic rings. The molecule has 0 amide bonds. The van der Waals surface area contributed by atoms with Crippen molar-refractivity contribution in [2.45, 2.75) is 11.8 Å². The number of hydrogen-bond acceptors (Lipinski definition) is 6. The molecule has 0 radical (unpaired) electrons. The molecule has 0 saturated heterocycles. The van der Waals surface area contributed by atoms with Gasteiger partial charge in [-0.1, -0.05) is 11.3 Å². The number of nitrogens with one attached hydrogen (secondary N) is 1. The van der Waals surface area contributed by atoms with Crippen molar-refractivity contribution in [1.29, 1.82) is 0 Å². The number of sulfonamides is 1. The quantitative estimate of drug-likeness (QED) is 0.838. The molecule has 0 unspecified atom stereocenters. The lowest BCUT2D eigenvalue weighted by Gasteiger charge is -2.07. The highest BCUT2D eigenvalue weighted by Crippen LogP contribution is 2.25. The molecule has 0 aliphatic heterocycles. The second-order valence-corrected chi connectivity index (χ2v) is 6.34. The van der Waals surface area contributed by atoms with Crippen molar-refractivity contribution >= 4 is 32.2 Å². The van der Waals surface area contributed by atoms with Crippen LogP contribution in [-0.4, -0.2) is 18.6 Å². The minimum atomic E-state index is -4.23. The van der Waals surface area contributed by atoms with Crippen molar-refractivity contribution < 1.29 is 17.2 Å². The summed E-state index contributed by atoms with van der Waals surface area (Å²) in [6.45, 7) is 1.63. The molecule has 0 fully saturated rings. The van der Waals surface area contributed by atoms with Crippen molar-refractivity contribution in [3.63, 3.8) is 0 Å². The number of aromatic nitrogens is 2. The highest BCUT2D eigenvalue weighted by molar-refractivity contribution is 7.93. The lowest BCUT2D eigenvalue weighted by atomic mass is 10.3. The van der Waals surface area contributed by atoms with E-state index in [9.17, 15) is 17.2 Å². The van der Waals surface area contributed by atoms with Crippen LogP contribution in [0.25, 0.3) is 0 Å². The fourth-order valence-corrected chi connectivity index (χ4v) is 3.18. The Kier molecular flexibility index (Phi) is 3.37. The molecule has 1 aromatic heterocycles. The Bertz CT molecular complexity index is 730. The van der Waals surface area contributed by atoms with E-state index < -0.39 is 32.2 Å². The van der Waals surface area contributed by atoms with Gasteiger partial charge in [-0.05, 0) is 19.1 Å². The Labute approximate surface area is 111 Å². The van der Waals surface area contributed by atoms with Crippen molar-refractivity contribution in [3.05, 3.63) is 28.8 Å². The van der Waals surface area contributed by atoms with Crippen molar-refractivity contribution in [1.82, 2.24) is 10.2 Å². The number of nitrogen functional groups attached to an aromatic ring is 1. The summed E-state index contributed by atoms with van der Waals surface area (Å²) in [6.07, 6.45) is 0. The normalized spacial score (nSPS) is 11.5. The summed E-state index contributed by atoms with van der Waals surface area (Å²) in [7, 11) is -4.23. The second-order valence-electron chi connectivity index (χ2n) is 3.50. The van der Waals surface area contributed by atoms with Gasteiger partial charge in [0, 0.05) is 0 Å². The molecular weight excluding hydrogens is 298 g/mol. The molecule has 102 valence electrons. The summed E-state index contributed by atoms with van der Waals surface area (Å²) in [5, 5.41) is 7.68. The molecule has 0 aliphatic rings. The predicted octanol–water partition coefficient (Wildman–Crippen LogP) is 1.51. The minimum Gasteiger partial charge on any atom is -0.394 e. The van der Waals surface area contributed by atoms with E-state index in [1.807, 2.05) is 4.72 Å². The summed E-state index contributed by atoms with van der Waals surface area (Å²) in [5.74, 6) is -2.36.